The summed E-state index contributed by atoms with van der Waals surface area (Å²) in [6.45, 7) is 6.57. The zero-order chi connectivity index (χ0) is 19.1. The smallest absolute Gasteiger partial charge is 0.191 e. The Kier molecular flexibility index (Phi) is 6.65. The number of thiophene rings is 1. The summed E-state index contributed by atoms with van der Waals surface area (Å²) in [5.74, 6) is 0.821. The first-order valence-corrected chi connectivity index (χ1v) is 10.1. The third-order valence-corrected chi connectivity index (χ3v) is 5.54. The number of aryl methyl sites for hydroxylation is 1. The largest absolute Gasteiger partial charge is 0.356 e. The van der Waals surface area contributed by atoms with Crippen molar-refractivity contribution in [3.05, 3.63) is 75.2 Å². The Hall–Kier alpha value is -2.60. The van der Waals surface area contributed by atoms with Crippen LogP contribution in [0.1, 0.15) is 27.4 Å². The fourth-order valence-corrected chi connectivity index (χ4v) is 3.76. The molecule has 6 heteroatoms. The van der Waals surface area contributed by atoms with Crippen LogP contribution in [0.3, 0.4) is 0 Å². The van der Waals surface area contributed by atoms with Gasteiger partial charge in [-0.2, -0.15) is 5.10 Å². The quantitative estimate of drug-likeness (QED) is 0.486. The molecule has 0 radical (unpaired) electrons. The van der Waals surface area contributed by atoms with Crippen molar-refractivity contribution >= 4 is 17.3 Å². The number of nitrogens with one attached hydrogen (secondary N) is 2. The van der Waals surface area contributed by atoms with Gasteiger partial charge in [0.1, 0.15) is 0 Å². The molecule has 2 aromatic heterocycles. The first-order valence-electron chi connectivity index (χ1n) is 9.21. The fraction of sp³-hybridized carbons (Fsp3) is 0.333. The monoisotopic (exact) mass is 381 g/mol. The molecule has 27 heavy (non-hydrogen) atoms. The second kappa shape index (κ2) is 9.37. The highest BCUT2D eigenvalue weighted by molar-refractivity contribution is 7.09. The molecule has 0 unspecified atom stereocenters. The van der Waals surface area contributed by atoms with Crippen LogP contribution in [0.15, 0.2) is 52.8 Å². The summed E-state index contributed by atoms with van der Waals surface area (Å²) in [6.07, 6.45) is 1.01. The van der Waals surface area contributed by atoms with Crippen LogP contribution in [-0.4, -0.2) is 29.3 Å². The van der Waals surface area contributed by atoms with Gasteiger partial charge in [-0.1, -0.05) is 36.4 Å². The van der Waals surface area contributed by atoms with E-state index in [0.29, 0.717) is 6.54 Å². The Bertz CT molecular complexity index is 866. The molecule has 0 amide bonds. The molecule has 0 spiro atoms. The van der Waals surface area contributed by atoms with E-state index >= 15 is 0 Å². The van der Waals surface area contributed by atoms with Crippen molar-refractivity contribution < 1.29 is 0 Å². The fourth-order valence-electron chi connectivity index (χ4n) is 3.05. The van der Waals surface area contributed by atoms with Crippen molar-refractivity contribution in [3.63, 3.8) is 0 Å². The van der Waals surface area contributed by atoms with Gasteiger partial charge in [-0.05, 0) is 37.3 Å². The van der Waals surface area contributed by atoms with Gasteiger partial charge in [-0.25, -0.2) is 0 Å². The van der Waals surface area contributed by atoms with E-state index in [1.54, 1.807) is 18.4 Å². The molecule has 142 valence electrons. The Balaban J connectivity index is 1.56. The first kappa shape index (κ1) is 19.2. The van der Waals surface area contributed by atoms with E-state index in [9.17, 15) is 0 Å². The van der Waals surface area contributed by atoms with Gasteiger partial charge in [0.15, 0.2) is 5.96 Å². The van der Waals surface area contributed by atoms with Gasteiger partial charge in [-0.3, -0.25) is 9.67 Å². The van der Waals surface area contributed by atoms with E-state index in [1.165, 1.54) is 21.7 Å². The molecule has 2 N–H and O–H groups in total. The summed E-state index contributed by atoms with van der Waals surface area (Å²) < 4.78 is 2.08. The van der Waals surface area contributed by atoms with Crippen LogP contribution >= 0.6 is 11.3 Å². The number of guanidine groups is 1. The molecule has 0 saturated carbocycles. The molecule has 3 rings (SSSR count). The van der Waals surface area contributed by atoms with Crippen LogP contribution in [-0.2, 0) is 19.5 Å². The molecule has 5 nitrogen and oxygen atoms in total. The SMILES string of the molecule is CN=C(NCCc1cccs1)NCc1c(C)nn(Cc2ccccc2)c1C. The first-order chi connectivity index (χ1) is 13.2. The van der Waals surface area contributed by atoms with Crippen LogP contribution < -0.4 is 10.6 Å². The van der Waals surface area contributed by atoms with Gasteiger partial charge in [0.05, 0.1) is 12.2 Å². The van der Waals surface area contributed by atoms with E-state index in [0.717, 1.165) is 31.2 Å². The maximum atomic E-state index is 4.72. The van der Waals surface area contributed by atoms with Crippen molar-refractivity contribution in [2.75, 3.05) is 13.6 Å². The van der Waals surface area contributed by atoms with E-state index in [4.69, 9.17) is 5.10 Å². The zero-order valence-corrected chi connectivity index (χ0v) is 17.0. The molecule has 0 fully saturated rings. The molecule has 1 aromatic carbocycles. The summed E-state index contributed by atoms with van der Waals surface area (Å²) in [6, 6.07) is 14.7. The predicted molar refractivity (Wildman–Crippen MR) is 113 cm³/mol. The maximum Gasteiger partial charge on any atom is 0.191 e. The summed E-state index contributed by atoms with van der Waals surface area (Å²) in [7, 11) is 1.80. The summed E-state index contributed by atoms with van der Waals surface area (Å²) in [5.41, 5.74) is 4.74. The normalized spacial score (nSPS) is 11.6. The Labute approximate surface area is 165 Å². The topological polar surface area (TPSA) is 54.2 Å². The molecule has 0 aliphatic carbocycles. The molecule has 0 bridgehead atoms. The van der Waals surface area contributed by atoms with E-state index in [-0.39, 0.29) is 0 Å². The standard InChI is InChI=1S/C21H27N5S/c1-16-20(17(2)26(25-16)15-18-8-5-4-6-9-18)14-24-21(22-3)23-12-11-19-10-7-13-27-19/h4-10,13H,11-12,14-15H2,1-3H3,(H2,22,23,24). The highest BCUT2D eigenvalue weighted by Gasteiger charge is 2.12. The molecule has 2 heterocycles. The summed E-state index contributed by atoms with van der Waals surface area (Å²) in [5, 5.41) is 13.6. The summed E-state index contributed by atoms with van der Waals surface area (Å²) >= 11 is 1.79. The number of benzene rings is 1. The average Bonchev–Trinajstić information content (AvgIpc) is 3.28. The van der Waals surface area contributed by atoms with Crippen LogP contribution in [0.25, 0.3) is 0 Å². The number of aliphatic imine (C=N–C) groups is 1. The lowest BCUT2D eigenvalue weighted by molar-refractivity contribution is 0.657. The molecular formula is C21H27N5S. The van der Waals surface area contributed by atoms with Gasteiger partial charge in [-0.15, -0.1) is 11.3 Å². The number of aromatic nitrogens is 2. The molecule has 0 aliphatic rings. The Morgan fingerprint density at radius 2 is 1.93 bits per heavy atom. The van der Waals surface area contributed by atoms with Gasteiger partial charge >= 0.3 is 0 Å². The van der Waals surface area contributed by atoms with Crippen LogP contribution in [0.5, 0.6) is 0 Å². The maximum absolute atomic E-state index is 4.72. The van der Waals surface area contributed by atoms with Crippen LogP contribution in [0.4, 0.5) is 0 Å². The predicted octanol–water partition coefficient (Wildman–Crippen LogP) is 3.52. The highest BCUT2D eigenvalue weighted by Crippen LogP contribution is 2.14. The third-order valence-electron chi connectivity index (χ3n) is 4.61. The number of hydrogen-bond acceptors (Lipinski definition) is 3. The van der Waals surface area contributed by atoms with E-state index in [1.807, 2.05) is 6.07 Å². The number of nitrogens with zero attached hydrogens (tertiary/aromatic N) is 3. The molecule has 0 atom stereocenters. The lowest BCUT2D eigenvalue weighted by Gasteiger charge is -2.12. The van der Waals surface area contributed by atoms with Crippen LogP contribution in [0.2, 0.25) is 0 Å². The lowest BCUT2D eigenvalue weighted by atomic mass is 10.2. The van der Waals surface area contributed by atoms with Crippen molar-refractivity contribution in [1.82, 2.24) is 20.4 Å². The second-order valence-corrected chi connectivity index (χ2v) is 7.51. The molecule has 0 saturated heterocycles. The van der Waals surface area contributed by atoms with Gasteiger partial charge in [0.25, 0.3) is 0 Å². The third kappa shape index (κ3) is 5.20. The van der Waals surface area contributed by atoms with Gasteiger partial charge < -0.3 is 10.6 Å². The molecule has 0 aliphatic heterocycles. The average molecular weight is 382 g/mol. The minimum Gasteiger partial charge on any atom is -0.356 e. The van der Waals surface area contributed by atoms with E-state index in [2.05, 4.69) is 75.9 Å². The van der Waals surface area contributed by atoms with Crippen LogP contribution in [0, 0.1) is 13.8 Å². The van der Waals surface area contributed by atoms with Crippen molar-refractivity contribution in [2.45, 2.75) is 33.4 Å². The second-order valence-electron chi connectivity index (χ2n) is 6.47. The van der Waals surface area contributed by atoms with Gasteiger partial charge in [0, 0.05) is 36.3 Å². The minimum absolute atomic E-state index is 0.713. The van der Waals surface area contributed by atoms with E-state index < -0.39 is 0 Å². The van der Waals surface area contributed by atoms with Gasteiger partial charge in [0.2, 0.25) is 0 Å². The highest BCUT2D eigenvalue weighted by atomic mass is 32.1. The van der Waals surface area contributed by atoms with Crippen molar-refractivity contribution in [2.24, 2.45) is 4.99 Å². The van der Waals surface area contributed by atoms with Crippen molar-refractivity contribution in [3.8, 4) is 0 Å². The molecular weight excluding hydrogens is 354 g/mol. The number of rotatable bonds is 7. The van der Waals surface area contributed by atoms with Crippen molar-refractivity contribution in [1.29, 1.82) is 0 Å². The Morgan fingerprint density at radius 3 is 2.63 bits per heavy atom. The summed E-state index contributed by atoms with van der Waals surface area (Å²) in [4.78, 5) is 5.71. The zero-order valence-electron chi connectivity index (χ0n) is 16.2. The lowest BCUT2D eigenvalue weighted by Crippen LogP contribution is -2.38. The number of hydrogen-bond donors (Lipinski definition) is 2. The minimum atomic E-state index is 0.713. The Morgan fingerprint density at radius 1 is 1.11 bits per heavy atom. The molecule has 3 aromatic rings.